The molecule has 0 aliphatic heterocycles. The van der Waals surface area contributed by atoms with E-state index in [1.165, 1.54) is 6.20 Å². The number of carbonyl (C=O) groups excluding carboxylic acids is 1. The molecule has 0 unspecified atom stereocenters. The monoisotopic (exact) mass is 264 g/mol. The summed E-state index contributed by atoms with van der Waals surface area (Å²) < 4.78 is 0. The summed E-state index contributed by atoms with van der Waals surface area (Å²) in [5.74, 6) is -0.240. The number of anilines is 1. The van der Waals surface area contributed by atoms with Crippen molar-refractivity contribution in [3.63, 3.8) is 0 Å². The first kappa shape index (κ1) is 12.0. The number of nitrogens with one attached hydrogen (secondary N) is 1. The molecule has 17 heavy (non-hydrogen) atoms. The second kappa shape index (κ2) is 5.21. The van der Waals surface area contributed by atoms with Crippen molar-refractivity contribution in [3.8, 4) is 0 Å². The molecule has 1 N–H and O–H groups in total. The highest BCUT2D eigenvalue weighted by Crippen LogP contribution is 2.19. The molecule has 2 aromatic rings. The number of nitrogens with zero attached hydrogens (tertiary/aromatic N) is 1. The fourth-order valence-corrected chi connectivity index (χ4v) is 1.61. The van der Waals surface area contributed by atoms with Gasteiger partial charge in [-0.05, 0) is 24.3 Å². The SMILES string of the molecule is O=C(Nc1ccccc1S)c1ccc(Cl)nc1. The Balaban J connectivity index is 2.17. The zero-order valence-electron chi connectivity index (χ0n) is 8.72. The van der Waals surface area contributed by atoms with Gasteiger partial charge in [-0.3, -0.25) is 4.79 Å². The Bertz CT molecular complexity index is 542. The van der Waals surface area contributed by atoms with E-state index in [0.29, 0.717) is 21.3 Å². The molecule has 0 aliphatic rings. The second-order valence-corrected chi connectivity index (χ2v) is 4.21. The third-order valence-electron chi connectivity index (χ3n) is 2.14. The summed E-state index contributed by atoms with van der Waals surface area (Å²) >= 11 is 9.90. The number of halogens is 1. The highest BCUT2D eigenvalue weighted by molar-refractivity contribution is 7.80. The van der Waals surface area contributed by atoms with Gasteiger partial charge in [0.1, 0.15) is 5.15 Å². The zero-order valence-corrected chi connectivity index (χ0v) is 10.4. The van der Waals surface area contributed by atoms with E-state index >= 15 is 0 Å². The topological polar surface area (TPSA) is 42.0 Å². The Hall–Kier alpha value is -1.52. The predicted octanol–water partition coefficient (Wildman–Crippen LogP) is 3.28. The lowest BCUT2D eigenvalue weighted by Crippen LogP contribution is -2.12. The van der Waals surface area contributed by atoms with Crippen LogP contribution in [0.4, 0.5) is 5.69 Å². The Morgan fingerprint density at radius 3 is 2.65 bits per heavy atom. The Morgan fingerprint density at radius 1 is 1.24 bits per heavy atom. The standard InChI is InChI=1S/C12H9ClN2OS/c13-11-6-5-8(7-14-11)12(16)15-9-3-1-2-4-10(9)17/h1-7,17H,(H,15,16). The quantitative estimate of drug-likeness (QED) is 0.646. The minimum atomic E-state index is -0.240. The lowest BCUT2D eigenvalue weighted by Gasteiger charge is -2.07. The molecule has 2 rings (SSSR count). The molecule has 0 atom stereocenters. The molecule has 0 saturated carbocycles. The van der Waals surface area contributed by atoms with Crippen LogP contribution < -0.4 is 5.32 Å². The average Bonchev–Trinajstić information content (AvgIpc) is 2.33. The number of amides is 1. The molecule has 1 aromatic heterocycles. The highest BCUT2D eigenvalue weighted by Gasteiger charge is 2.07. The van der Waals surface area contributed by atoms with Crippen LogP contribution in [0.3, 0.4) is 0 Å². The fraction of sp³-hybridized carbons (Fsp3) is 0. The molecular weight excluding hydrogens is 256 g/mol. The fourth-order valence-electron chi connectivity index (χ4n) is 1.28. The summed E-state index contributed by atoms with van der Waals surface area (Å²) in [7, 11) is 0. The van der Waals surface area contributed by atoms with Crippen molar-refractivity contribution in [2.45, 2.75) is 4.90 Å². The molecule has 1 amide bonds. The number of rotatable bonds is 2. The van der Waals surface area contributed by atoms with Gasteiger partial charge in [0.05, 0.1) is 11.3 Å². The van der Waals surface area contributed by atoms with Crippen LogP contribution in [0.1, 0.15) is 10.4 Å². The lowest BCUT2D eigenvalue weighted by atomic mass is 10.2. The van der Waals surface area contributed by atoms with Gasteiger partial charge in [-0.15, -0.1) is 12.6 Å². The van der Waals surface area contributed by atoms with Gasteiger partial charge in [0.15, 0.2) is 0 Å². The summed E-state index contributed by atoms with van der Waals surface area (Å²) in [6.45, 7) is 0. The van der Waals surface area contributed by atoms with E-state index in [4.69, 9.17) is 11.6 Å². The maximum absolute atomic E-state index is 11.8. The van der Waals surface area contributed by atoms with Gasteiger partial charge in [0, 0.05) is 11.1 Å². The Morgan fingerprint density at radius 2 is 2.00 bits per heavy atom. The van der Waals surface area contributed by atoms with Crippen LogP contribution >= 0.6 is 24.2 Å². The molecule has 5 heteroatoms. The summed E-state index contributed by atoms with van der Waals surface area (Å²) in [5.41, 5.74) is 1.11. The van der Waals surface area contributed by atoms with Crippen LogP contribution in [0.25, 0.3) is 0 Å². The maximum Gasteiger partial charge on any atom is 0.257 e. The van der Waals surface area contributed by atoms with E-state index in [-0.39, 0.29) is 5.91 Å². The molecule has 3 nitrogen and oxygen atoms in total. The van der Waals surface area contributed by atoms with Crippen molar-refractivity contribution in [1.82, 2.24) is 4.98 Å². The van der Waals surface area contributed by atoms with Gasteiger partial charge in [-0.2, -0.15) is 0 Å². The number of thiol groups is 1. The third-order valence-corrected chi connectivity index (χ3v) is 2.76. The molecule has 0 spiro atoms. The largest absolute Gasteiger partial charge is 0.321 e. The van der Waals surface area contributed by atoms with Crippen molar-refractivity contribution < 1.29 is 4.79 Å². The van der Waals surface area contributed by atoms with E-state index in [9.17, 15) is 4.79 Å². The van der Waals surface area contributed by atoms with Gasteiger partial charge < -0.3 is 5.32 Å². The first-order chi connectivity index (χ1) is 8.16. The molecule has 0 aliphatic carbocycles. The first-order valence-corrected chi connectivity index (χ1v) is 5.70. The van der Waals surface area contributed by atoms with Gasteiger partial charge in [-0.25, -0.2) is 4.98 Å². The summed E-state index contributed by atoms with van der Waals surface area (Å²) in [5, 5.41) is 3.11. The number of para-hydroxylation sites is 1. The number of carbonyl (C=O) groups is 1. The molecule has 1 aromatic carbocycles. The van der Waals surface area contributed by atoms with Crippen molar-refractivity contribution in [1.29, 1.82) is 0 Å². The minimum Gasteiger partial charge on any atom is -0.321 e. The van der Waals surface area contributed by atoms with E-state index < -0.39 is 0 Å². The number of pyridine rings is 1. The van der Waals surface area contributed by atoms with Crippen LogP contribution in [-0.2, 0) is 0 Å². The number of hydrogen-bond acceptors (Lipinski definition) is 3. The van der Waals surface area contributed by atoms with Gasteiger partial charge in [0.2, 0.25) is 0 Å². The maximum atomic E-state index is 11.8. The molecule has 0 fully saturated rings. The second-order valence-electron chi connectivity index (χ2n) is 3.34. The van der Waals surface area contributed by atoms with Crippen molar-refractivity contribution in [2.75, 3.05) is 5.32 Å². The number of hydrogen-bond donors (Lipinski definition) is 2. The normalized spacial score (nSPS) is 10.0. The lowest BCUT2D eigenvalue weighted by molar-refractivity contribution is 0.102. The summed E-state index contributed by atoms with van der Waals surface area (Å²) in [6.07, 6.45) is 1.43. The molecule has 0 saturated heterocycles. The first-order valence-electron chi connectivity index (χ1n) is 4.88. The van der Waals surface area contributed by atoms with Crippen molar-refractivity contribution in [3.05, 3.63) is 53.3 Å². The van der Waals surface area contributed by atoms with Crippen LogP contribution in [-0.4, -0.2) is 10.9 Å². The van der Waals surface area contributed by atoms with Gasteiger partial charge >= 0.3 is 0 Å². The van der Waals surface area contributed by atoms with Crippen molar-refractivity contribution in [2.24, 2.45) is 0 Å². The van der Waals surface area contributed by atoms with Crippen molar-refractivity contribution >= 4 is 35.8 Å². The predicted molar refractivity (Wildman–Crippen MR) is 70.9 cm³/mol. The molecule has 0 radical (unpaired) electrons. The number of aromatic nitrogens is 1. The van der Waals surface area contributed by atoms with Crippen LogP contribution in [0.5, 0.6) is 0 Å². The van der Waals surface area contributed by atoms with E-state index in [2.05, 4.69) is 22.9 Å². The number of benzene rings is 1. The van der Waals surface area contributed by atoms with E-state index in [1.807, 2.05) is 12.1 Å². The Kier molecular flexibility index (Phi) is 3.66. The molecule has 86 valence electrons. The third kappa shape index (κ3) is 2.99. The van der Waals surface area contributed by atoms with Crippen LogP contribution in [0, 0.1) is 0 Å². The van der Waals surface area contributed by atoms with Crippen LogP contribution in [0.2, 0.25) is 5.15 Å². The van der Waals surface area contributed by atoms with Gasteiger partial charge in [0.25, 0.3) is 5.91 Å². The zero-order chi connectivity index (χ0) is 12.3. The summed E-state index contributed by atoms with van der Waals surface area (Å²) in [4.78, 5) is 16.4. The smallest absolute Gasteiger partial charge is 0.257 e. The highest BCUT2D eigenvalue weighted by atomic mass is 35.5. The minimum absolute atomic E-state index is 0.240. The van der Waals surface area contributed by atoms with Crippen LogP contribution in [0.15, 0.2) is 47.5 Å². The van der Waals surface area contributed by atoms with E-state index in [1.54, 1.807) is 24.3 Å². The molecule has 0 bridgehead atoms. The van der Waals surface area contributed by atoms with E-state index in [0.717, 1.165) is 0 Å². The Labute approximate surface area is 109 Å². The van der Waals surface area contributed by atoms with Gasteiger partial charge in [-0.1, -0.05) is 23.7 Å². The molecular formula is C12H9ClN2OS. The molecule has 1 heterocycles. The summed E-state index contributed by atoms with van der Waals surface area (Å²) in [6, 6.07) is 10.5. The average molecular weight is 265 g/mol.